The summed E-state index contributed by atoms with van der Waals surface area (Å²) in [4.78, 5) is 31.5. The molecule has 0 spiro atoms. The number of hydrogen-bond donors (Lipinski definition) is 1. The number of amides is 1. The van der Waals surface area contributed by atoms with Gasteiger partial charge in [0.1, 0.15) is 5.69 Å². The number of ketones is 1. The number of rotatable bonds is 1. The Morgan fingerprint density at radius 2 is 1.92 bits per heavy atom. The van der Waals surface area contributed by atoms with Crippen molar-refractivity contribution in [2.75, 3.05) is 6.54 Å². The number of nitrogens with one attached hydrogen (secondary N) is 1. The lowest BCUT2D eigenvalue weighted by atomic mass is 9.68. The van der Waals surface area contributed by atoms with E-state index < -0.39 is 5.41 Å². The van der Waals surface area contributed by atoms with Crippen LogP contribution in [0.2, 0.25) is 0 Å². The van der Waals surface area contributed by atoms with Crippen LogP contribution in [0.25, 0.3) is 10.9 Å². The van der Waals surface area contributed by atoms with E-state index in [9.17, 15) is 9.59 Å². The highest BCUT2D eigenvalue weighted by molar-refractivity contribution is 6.05. The number of fused-ring (bicyclic) bond motifs is 3. The first-order valence-electron chi connectivity index (χ1n) is 9.09. The van der Waals surface area contributed by atoms with Gasteiger partial charge >= 0.3 is 0 Å². The number of para-hydroxylation sites is 1. The van der Waals surface area contributed by atoms with Crippen LogP contribution in [0.5, 0.6) is 0 Å². The topological polar surface area (TPSA) is 53.2 Å². The first-order valence-corrected chi connectivity index (χ1v) is 9.09. The molecule has 26 heavy (non-hydrogen) atoms. The zero-order valence-corrected chi connectivity index (χ0v) is 14.7. The summed E-state index contributed by atoms with van der Waals surface area (Å²) < 4.78 is 0. The molecule has 0 bridgehead atoms. The van der Waals surface area contributed by atoms with Gasteiger partial charge in [-0.15, -0.1) is 0 Å². The number of carbonyl (C=O) groups is 2. The SMILES string of the molecule is CC12CCN(C(=O)c3cc4ccccc4[nH]3)C1Cc1ccccc1C2=O. The van der Waals surface area contributed by atoms with Gasteiger partial charge in [0.2, 0.25) is 0 Å². The molecule has 2 atom stereocenters. The average molecular weight is 344 g/mol. The molecule has 2 aliphatic rings. The number of nitrogens with zero attached hydrogens (tertiary/aromatic N) is 1. The van der Waals surface area contributed by atoms with Gasteiger partial charge in [-0.1, -0.05) is 49.4 Å². The van der Waals surface area contributed by atoms with Crippen molar-refractivity contribution in [1.82, 2.24) is 9.88 Å². The number of benzene rings is 2. The molecule has 130 valence electrons. The Morgan fingerprint density at radius 1 is 1.15 bits per heavy atom. The number of carbonyl (C=O) groups excluding carboxylic acids is 2. The molecule has 1 aromatic heterocycles. The van der Waals surface area contributed by atoms with Gasteiger partial charge < -0.3 is 9.88 Å². The lowest BCUT2D eigenvalue weighted by Gasteiger charge is -2.38. The molecule has 4 nitrogen and oxygen atoms in total. The van der Waals surface area contributed by atoms with Crippen molar-refractivity contribution >= 4 is 22.6 Å². The van der Waals surface area contributed by atoms with Gasteiger partial charge in [-0.25, -0.2) is 0 Å². The monoisotopic (exact) mass is 344 g/mol. The van der Waals surface area contributed by atoms with Crippen LogP contribution in [-0.2, 0) is 6.42 Å². The van der Waals surface area contributed by atoms with Crippen LogP contribution in [0.15, 0.2) is 54.6 Å². The average Bonchev–Trinajstić information content (AvgIpc) is 3.24. The third kappa shape index (κ3) is 2.02. The van der Waals surface area contributed by atoms with Crippen molar-refractivity contribution in [1.29, 1.82) is 0 Å². The molecule has 1 N–H and O–H groups in total. The van der Waals surface area contributed by atoms with Gasteiger partial charge in [-0.3, -0.25) is 9.59 Å². The summed E-state index contributed by atoms with van der Waals surface area (Å²) in [7, 11) is 0. The van der Waals surface area contributed by atoms with E-state index >= 15 is 0 Å². The normalized spacial score (nSPS) is 24.6. The molecular weight excluding hydrogens is 324 g/mol. The molecule has 5 rings (SSSR count). The van der Waals surface area contributed by atoms with Crippen LogP contribution in [0.3, 0.4) is 0 Å². The van der Waals surface area contributed by atoms with Crippen molar-refractivity contribution in [3.8, 4) is 0 Å². The molecule has 2 heterocycles. The smallest absolute Gasteiger partial charge is 0.270 e. The number of H-pyrrole nitrogens is 1. The summed E-state index contributed by atoms with van der Waals surface area (Å²) >= 11 is 0. The number of hydrogen-bond acceptors (Lipinski definition) is 2. The van der Waals surface area contributed by atoms with Gasteiger partial charge in [0.25, 0.3) is 5.91 Å². The highest BCUT2D eigenvalue weighted by Crippen LogP contribution is 2.45. The highest BCUT2D eigenvalue weighted by atomic mass is 16.2. The van der Waals surface area contributed by atoms with Crippen molar-refractivity contribution in [2.45, 2.75) is 25.8 Å². The van der Waals surface area contributed by atoms with Crippen molar-refractivity contribution in [3.63, 3.8) is 0 Å². The maximum absolute atomic E-state index is 13.2. The van der Waals surface area contributed by atoms with Crippen LogP contribution in [0.4, 0.5) is 0 Å². The van der Waals surface area contributed by atoms with Gasteiger partial charge in [0.05, 0.1) is 5.41 Å². The first-order chi connectivity index (χ1) is 12.6. The molecule has 0 saturated carbocycles. The predicted molar refractivity (Wildman–Crippen MR) is 100 cm³/mol. The lowest BCUT2D eigenvalue weighted by Crippen LogP contribution is -2.49. The minimum absolute atomic E-state index is 0.0119. The fourth-order valence-electron chi connectivity index (χ4n) is 4.64. The summed E-state index contributed by atoms with van der Waals surface area (Å²) in [5.41, 5.74) is 2.95. The van der Waals surface area contributed by atoms with Gasteiger partial charge in [0, 0.05) is 29.1 Å². The molecule has 1 fully saturated rings. The Labute approximate surface area is 151 Å². The number of likely N-dealkylation sites (tertiary alicyclic amines) is 1. The van der Waals surface area contributed by atoms with E-state index in [1.165, 1.54) is 0 Å². The quantitative estimate of drug-likeness (QED) is 0.729. The summed E-state index contributed by atoms with van der Waals surface area (Å²) in [6, 6.07) is 17.5. The molecule has 1 aliphatic heterocycles. The maximum atomic E-state index is 13.2. The number of Topliss-reactive ketones (excluding diaryl/α,β-unsaturated/α-hetero) is 1. The Morgan fingerprint density at radius 3 is 2.77 bits per heavy atom. The molecule has 1 aliphatic carbocycles. The van der Waals surface area contributed by atoms with E-state index in [4.69, 9.17) is 0 Å². The van der Waals surface area contributed by atoms with Crippen LogP contribution in [0, 0.1) is 5.41 Å². The zero-order chi connectivity index (χ0) is 17.9. The fourth-order valence-corrected chi connectivity index (χ4v) is 4.64. The maximum Gasteiger partial charge on any atom is 0.270 e. The second-order valence-corrected chi connectivity index (χ2v) is 7.64. The van der Waals surface area contributed by atoms with Gasteiger partial charge in [-0.2, -0.15) is 0 Å². The number of aromatic amines is 1. The van der Waals surface area contributed by atoms with Crippen molar-refractivity contribution < 1.29 is 9.59 Å². The third-order valence-electron chi connectivity index (χ3n) is 6.20. The minimum Gasteiger partial charge on any atom is -0.351 e. The molecular formula is C22H20N2O2. The summed E-state index contributed by atoms with van der Waals surface area (Å²) in [5.74, 6) is 0.165. The van der Waals surface area contributed by atoms with Gasteiger partial charge in [-0.05, 0) is 30.5 Å². The van der Waals surface area contributed by atoms with E-state index in [1.807, 2.05) is 66.4 Å². The molecule has 2 unspecified atom stereocenters. The third-order valence-corrected chi connectivity index (χ3v) is 6.20. The van der Waals surface area contributed by atoms with Crippen LogP contribution in [0.1, 0.15) is 39.8 Å². The standard InChI is InChI=1S/C22H20N2O2/c1-22-10-11-24(19(22)13-14-6-2-4-8-16(14)20(22)25)21(26)18-12-15-7-3-5-9-17(15)23-18/h2-9,12,19,23H,10-11,13H2,1H3. The first kappa shape index (κ1) is 15.4. The van der Waals surface area contributed by atoms with E-state index in [0.29, 0.717) is 12.2 Å². The van der Waals surface area contributed by atoms with Crippen LogP contribution in [-0.4, -0.2) is 34.2 Å². The molecule has 4 heteroatoms. The lowest BCUT2D eigenvalue weighted by molar-refractivity contribution is 0.0598. The second-order valence-electron chi connectivity index (χ2n) is 7.64. The molecule has 1 saturated heterocycles. The van der Waals surface area contributed by atoms with E-state index in [1.54, 1.807) is 0 Å². The van der Waals surface area contributed by atoms with Crippen LogP contribution < -0.4 is 0 Å². The van der Waals surface area contributed by atoms with Crippen LogP contribution >= 0.6 is 0 Å². The Bertz CT molecular complexity index is 1020. The Hall–Kier alpha value is -2.88. The highest BCUT2D eigenvalue weighted by Gasteiger charge is 2.53. The molecule has 2 aromatic carbocycles. The van der Waals surface area contributed by atoms with Crippen molar-refractivity contribution in [3.05, 3.63) is 71.4 Å². The zero-order valence-electron chi connectivity index (χ0n) is 14.7. The Balaban J connectivity index is 1.53. The predicted octanol–water partition coefficient (Wildman–Crippen LogP) is 3.83. The molecule has 3 aromatic rings. The van der Waals surface area contributed by atoms with Gasteiger partial charge in [0.15, 0.2) is 5.78 Å². The molecule has 1 amide bonds. The summed E-state index contributed by atoms with van der Waals surface area (Å²) in [5, 5.41) is 1.03. The summed E-state index contributed by atoms with van der Waals surface area (Å²) in [6.45, 7) is 2.64. The number of aromatic nitrogens is 1. The van der Waals surface area contributed by atoms with E-state index in [-0.39, 0.29) is 17.7 Å². The second kappa shape index (κ2) is 5.31. The van der Waals surface area contributed by atoms with Crippen molar-refractivity contribution in [2.24, 2.45) is 5.41 Å². The summed E-state index contributed by atoms with van der Waals surface area (Å²) in [6.07, 6.45) is 1.46. The van der Waals surface area contributed by atoms with E-state index in [0.717, 1.165) is 34.9 Å². The molecule has 0 radical (unpaired) electrons. The Kier molecular flexibility index (Phi) is 3.14. The fraction of sp³-hybridized carbons (Fsp3) is 0.273. The largest absolute Gasteiger partial charge is 0.351 e. The van der Waals surface area contributed by atoms with E-state index in [2.05, 4.69) is 4.98 Å². The minimum atomic E-state index is -0.490.